The Hall–Kier alpha value is -2.95. The van der Waals surface area contributed by atoms with Gasteiger partial charge in [0.15, 0.2) is 0 Å². The average Bonchev–Trinajstić information content (AvgIpc) is 3.13. The van der Waals surface area contributed by atoms with Crippen LogP contribution in [0.5, 0.6) is 0 Å². The lowest BCUT2D eigenvalue weighted by molar-refractivity contribution is -0.144. The number of rotatable bonds is 5. The summed E-state index contributed by atoms with van der Waals surface area (Å²) in [6.45, 7) is 0.196. The van der Waals surface area contributed by atoms with Gasteiger partial charge in [-0.05, 0) is 25.0 Å². The largest absolute Gasteiger partial charge is 0.468 e. The molecular weight excluding hydrogens is 346 g/mol. The van der Waals surface area contributed by atoms with Crippen LogP contribution >= 0.6 is 0 Å². The van der Waals surface area contributed by atoms with Gasteiger partial charge < -0.3 is 4.74 Å². The molecule has 1 saturated heterocycles. The second kappa shape index (κ2) is 7.75. The van der Waals surface area contributed by atoms with Gasteiger partial charge in [0.25, 0.3) is 0 Å². The molecule has 1 N–H and O–H groups in total. The Kier molecular flexibility index (Phi) is 5.70. The summed E-state index contributed by atoms with van der Waals surface area (Å²) < 4.78 is 31.7. The number of hydrogen-bond acceptors (Lipinski definition) is 8. The minimum absolute atomic E-state index is 0.0982. The molecule has 0 aliphatic carbocycles. The second-order valence-corrected chi connectivity index (χ2v) is 6.95. The van der Waals surface area contributed by atoms with E-state index in [1.807, 2.05) is 0 Å². The normalized spacial score (nSPS) is 17.2. The molecule has 1 fully saturated rings. The summed E-state index contributed by atoms with van der Waals surface area (Å²) in [4.78, 5) is 11.7. The molecule has 0 spiro atoms. The number of esters is 1. The molecule has 0 bridgehead atoms. The van der Waals surface area contributed by atoms with Crippen LogP contribution < -0.4 is 5.43 Å². The smallest absolute Gasteiger partial charge is 0.324 e. The van der Waals surface area contributed by atoms with E-state index in [9.17, 15) is 13.2 Å². The van der Waals surface area contributed by atoms with E-state index in [0.717, 1.165) is 4.31 Å². The predicted octanol–water partition coefficient (Wildman–Crippen LogP) is 0.828. The van der Waals surface area contributed by atoms with Crippen molar-refractivity contribution in [1.82, 2.24) is 4.31 Å². The number of nitrogens with zero attached hydrogens (tertiary/aromatic N) is 4. The monoisotopic (exact) mass is 361 g/mol. The topological polar surface area (TPSA) is 136 Å². The minimum atomic E-state index is -4.00. The Morgan fingerprint density at radius 3 is 2.68 bits per heavy atom. The maximum absolute atomic E-state index is 13.0. The molecule has 0 aromatic heterocycles. The number of benzene rings is 1. The van der Waals surface area contributed by atoms with Crippen LogP contribution in [0.2, 0.25) is 0 Å². The van der Waals surface area contributed by atoms with Crippen LogP contribution in [-0.2, 0) is 19.6 Å². The third-order valence-electron chi connectivity index (χ3n) is 3.65. The van der Waals surface area contributed by atoms with Crippen molar-refractivity contribution in [2.75, 3.05) is 19.1 Å². The Morgan fingerprint density at radius 1 is 1.36 bits per heavy atom. The standard InChI is InChI=1S/C15H15N5O4S/c1-24-15(21)13-6-4-8-20(13)25(22,23)14-7-3-2-5-12(14)19-18-11(9-16)10-17/h2-3,5,7,13,19H,4,6,8H2,1H3. The van der Waals surface area contributed by atoms with Crippen LogP contribution in [0.25, 0.3) is 0 Å². The molecule has 1 aliphatic rings. The van der Waals surface area contributed by atoms with Gasteiger partial charge in [0.05, 0.1) is 12.8 Å². The third kappa shape index (κ3) is 3.76. The van der Waals surface area contributed by atoms with Gasteiger partial charge in [0, 0.05) is 6.54 Å². The van der Waals surface area contributed by atoms with Gasteiger partial charge in [-0.25, -0.2) is 8.42 Å². The van der Waals surface area contributed by atoms with Crippen LogP contribution in [-0.4, -0.2) is 44.1 Å². The summed E-state index contributed by atoms with van der Waals surface area (Å²) in [6.07, 6.45) is 0.923. The van der Waals surface area contributed by atoms with Crippen molar-refractivity contribution in [2.24, 2.45) is 5.10 Å². The predicted molar refractivity (Wildman–Crippen MR) is 87.7 cm³/mol. The van der Waals surface area contributed by atoms with E-state index in [1.165, 1.54) is 25.3 Å². The van der Waals surface area contributed by atoms with Crippen LogP contribution in [0.3, 0.4) is 0 Å². The number of sulfonamides is 1. The van der Waals surface area contributed by atoms with Gasteiger partial charge in [-0.3, -0.25) is 10.2 Å². The van der Waals surface area contributed by atoms with Crippen molar-refractivity contribution in [3.8, 4) is 12.1 Å². The van der Waals surface area contributed by atoms with E-state index in [1.54, 1.807) is 18.2 Å². The highest BCUT2D eigenvalue weighted by Crippen LogP contribution is 2.30. The molecule has 0 amide bonds. The summed E-state index contributed by atoms with van der Waals surface area (Å²) in [5, 5.41) is 21.0. The Labute approximate surface area is 145 Å². The highest BCUT2D eigenvalue weighted by Gasteiger charge is 2.40. The third-order valence-corrected chi connectivity index (χ3v) is 5.62. The molecular formula is C15H15N5O4S. The van der Waals surface area contributed by atoms with Crippen LogP contribution in [0.15, 0.2) is 34.3 Å². The fraction of sp³-hybridized carbons (Fsp3) is 0.333. The number of ether oxygens (including phenoxy) is 1. The van der Waals surface area contributed by atoms with Crippen molar-refractivity contribution >= 4 is 27.4 Å². The fourth-order valence-electron chi connectivity index (χ4n) is 2.50. The first-order valence-electron chi connectivity index (χ1n) is 7.28. The molecule has 1 aromatic carbocycles. The number of hydrazone groups is 1. The molecule has 25 heavy (non-hydrogen) atoms. The number of nitrogens with one attached hydrogen (secondary N) is 1. The lowest BCUT2D eigenvalue weighted by Crippen LogP contribution is -2.41. The summed E-state index contributed by atoms with van der Waals surface area (Å²) >= 11 is 0. The quantitative estimate of drug-likeness (QED) is 0.466. The zero-order chi connectivity index (χ0) is 18.4. The average molecular weight is 361 g/mol. The van der Waals surface area contributed by atoms with Gasteiger partial charge in [-0.2, -0.15) is 19.9 Å². The first-order valence-corrected chi connectivity index (χ1v) is 8.72. The van der Waals surface area contributed by atoms with Crippen molar-refractivity contribution in [2.45, 2.75) is 23.8 Å². The molecule has 9 nitrogen and oxygen atoms in total. The van der Waals surface area contributed by atoms with Crippen LogP contribution in [0.4, 0.5) is 5.69 Å². The van der Waals surface area contributed by atoms with Gasteiger partial charge in [-0.15, -0.1) is 0 Å². The molecule has 1 aliphatic heterocycles. The molecule has 0 radical (unpaired) electrons. The molecule has 1 atom stereocenters. The maximum Gasteiger partial charge on any atom is 0.324 e. The van der Waals surface area contributed by atoms with Gasteiger partial charge in [0.2, 0.25) is 15.7 Å². The van der Waals surface area contributed by atoms with Gasteiger partial charge >= 0.3 is 5.97 Å². The van der Waals surface area contributed by atoms with Gasteiger partial charge in [0.1, 0.15) is 23.1 Å². The lowest BCUT2D eigenvalue weighted by Gasteiger charge is -2.23. The second-order valence-electron chi connectivity index (χ2n) is 5.09. The zero-order valence-corrected chi connectivity index (χ0v) is 14.2. The highest BCUT2D eigenvalue weighted by atomic mass is 32.2. The summed E-state index contributed by atoms with van der Waals surface area (Å²) in [5.41, 5.74) is 2.08. The van der Waals surface area contributed by atoms with E-state index in [0.29, 0.717) is 12.8 Å². The van der Waals surface area contributed by atoms with E-state index >= 15 is 0 Å². The van der Waals surface area contributed by atoms with Crippen LogP contribution in [0.1, 0.15) is 12.8 Å². The molecule has 10 heteroatoms. The maximum atomic E-state index is 13.0. The van der Waals surface area contributed by atoms with Gasteiger partial charge in [-0.1, -0.05) is 12.1 Å². The van der Waals surface area contributed by atoms with E-state index in [4.69, 9.17) is 10.5 Å². The Bertz CT molecular complexity index is 866. The number of methoxy groups -OCH3 is 1. The zero-order valence-electron chi connectivity index (χ0n) is 13.3. The van der Waals surface area contributed by atoms with Crippen molar-refractivity contribution in [1.29, 1.82) is 10.5 Å². The van der Waals surface area contributed by atoms with E-state index in [2.05, 4.69) is 15.3 Å². The SMILES string of the molecule is COC(=O)C1CCCN1S(=O)(=O)c1ccccc1NN=C(C#N)C#N. The molecule has 130 valence electrons. The summed E-state index contributed by atoms with van der Waals surface area (Å²) in [7, 11) is -2.79. The molecule has 1 heterocycles. The van der Waals surface area contributed by atoms with Crippen molar-refractivity contribution in [3.63, 3.8) is 0 Å². The minimum Gasteiger partial charge on any atom is -0.468 e. The number of carbonyl (C=O) groups is 1. The molecule has 0 saturated carbocycles. The number of para-hydroxylation sites is 1. The lowest BCUT2D eigenvalue weighted by atomic mass is 10.2. The molecule has 1 unspecified atom stereocenters. The first-order chi connectivity index (χ1) is 12.0. The number of anilines is 1. The summed E-state index contributed by atoms with van der Waals surface area (Å²) in [6, 6.07) is 8.18. The first kappa shape index (κ1) is 18.4. The molecule has 1 aromatic rings. The Morgan fingerprint density at radius 2 is 2.04 bits per heavy atom. The van der Waals surface area contributed by atoms with Crippen molar-refractivity contribution < 1.29 is 17.9 Å². The van der Waals surface area contributed by atoms with Crippen LogP contribution in [0, 0.1) is 22.7 Å². The highest BCUT2D eigenvalue weighted by molar-refractivity contribution is 7.89. The number of hydrogen-bond donors (Lipinski definition) is 1. The fourth-order valence-corrected chi connectivity index (χ4v) is 4.29. The molecule has 2 rings (SSSR count). The van der Waals surface area contributed by atoms with Crippen molar-refractivity contribution in [3.05, 3.63) is 24.3 Å². The number of nitriles is 2. The van der Waals surface area contributed by atoms with E-state index in [-0.39, 0.29) is 17.1 Å². The number of carbonyl (C=O) groups excluding carboxylic acids is 1. The Balaban J connectivity index is 2.41. The summed E-state index contributed by atoms with van der Waals surface area (Å²) in [5.74, 6) is -0.610. The van der Waals surface area contributed by atoms with E-state index < -0.39 is 27.7 Å².